The first-order valence-electron chi connectivity index (χ1n) is 6.69. The van der Waals surface area contributed by atoms with Crippen molar-refractivity contribution in [2.75, 3.05) is 6.61 Å². The first-order chi connectivity index (χ1) is 10.0. The number of aliphatic carboxylic acids is 1. The highest BCUT2D eigenvalue weighted by Gasteiger charge is 2.30. The fourth-order valence-corrected chi connectivity index (χ4v) is 2.33. The van der Waals surface area contributed by atoms with E-state index in [1.165, 1.54) is 6.08 Å². The molecule has 0 saturated heterocycles. The Balaban J connectivity index is 2.48. The molecule has 0 aromatic heterocycles. The molecule has 0 spiro atoms. The van der Waals surface area contributed by atoms with Crippen LogP contribution in [0.4, 0.5) is 0 Å². The van der Waals surface area contributed by atoms with Gasteiger partial charge in [-0.3, -0.25) is 0 Å². The quantitative estimate of drug-likeness (QED) is 0.830. The number of hydrogen-bond acceptors (Lipinski definition) is 4. The molecule has 0 radical (unpaired) electrons. The highest BCUT2D eigenvalue weighted by atomic mass is 16.5. The van der Waals surface area contributed by atoms with Gasteiger partial charge in [0, 0.05) is 11.6 Å². The summed E-state index contributed by atoms with van der Waals surface area (Å²) in [5, 5.41) is 11.9. The molecule has 0 amide bonds. The summed E-state index contributed by atoms with van der Waals surface area (Å²) in [5.74, 6) is -1.92. The van der Waals surface area contributed by atoms with Crippen molar-refractivity contribution in [3.8, 4) is 0 Å². The minimum absolute atomic E-state index is 0.0643. The first kappa shape index (κ1) is 14.8. The van der Waals surface area contributed by atoms with E-state index in [0.29, 0.717) is 11.3 Å². The van der Waals surface area contributed by atoms with Crippen molar-refractivity contribution in [2.45, 2.75) is 19.8 Å². The molecule has 1 aliphatic heterocycles. The first-order valence-corrected chi connectivity index (χ1v) is 6.69. The SMILES string of the molecule is CCOC(=O)C1=C(C)NC(C(=O)O)=C[C@@H]1c1ccccc1. The van der Waals surface area contributed by atoms with Gasteiger partial charge in [-0.2, -0.15) is 0 Å². The van der Waals surface area contributed by atoms with Crippen LogP contribution in [0.3, 0.4) is 0 Å². The van der Waals surface area contributed by atoms with Gasteiger partial charge in [-0.15, -0.1) is 0 Å². The second-order valence-electron chi connectivity index (χ2n) is 4.66. The van der Waals surface area contributed by atoms with E-state index < -0.39 is 17.9 Å². The van der Waals surface area contributed by atoms with Crippen LogP contribution >= 0.6 is 0 Å². The van der Waals surface area contributed by atoms with Crippen LogP contribution in [0.5, 0.6) is 0 Å². The Morgan fingerprint density at radius 1 is 1.29 bits per heavy atom. The minimum Gasteiger partial charge on any atom is -0.477 e. The lowest BCUT2D eigenvalue weighted by Gasteiger charge is -2.25. The molecule has 5 heteroatoms. The van der Waals surface area contributed by atoms with Crippen LogP contribution < -0.4 is 5.32 Å². The predicted octanol–water partition coefficient (Wildman–Crippen LogP) is 2.18. The molecule has 110 valence electrons. The number of nitrogens with one attached hydrogen (secondary N) is 1. The number of carbonyl (C=O) groups is 2. The molecule has 5 nitrogen and oxygen atoms in total. The molecule has 0 saturated carbocycles. The maximum absolute atomic E-state index is 12.2. The Kier molecular flexibility index (Phi) is 4.42. The van der Waals surface area contributed by atoms with E-state index in [1.54, 1.807) is 13.8 Å². The Morgan fingerprint density at radius 3 is 2.52 bits per heavy atom. The van der Waals surface area contributed by atoms with Crippen molar-refractivity contribution in [2.24, 2.45) is 0 Å². The average Bonchev–Trinajstić information content (AvgIpc) is 2.47. The van der Waals surface area contributed by atoms with E-state index in [9.17, 15) is 14.7 Å². The molecule has 1 aromatic carbocycles. The molecule has 0 aliphatic carbocycles. The highest BCUT2D eigenvalue weighted by Crippen LogP contribution is 2.32. The number of esters is 1. The lowest BCUT2D eigenvalue weighted by atomic mass is 9.87. The molecule has 0 unspecified atom stereocenters. The third-order valence-corrected chi connectivity index (χ3v) is 3.25. The molecule has 0 fully saturated rings. The summed E-state index contributed by atoms with van der Waals surface area (Å²) in [6.07, 6.45) is 1.54. The molecule has 0 bridgehead atoms. The van der Waals surface area contributed by atoms with Gasteiger partial charge < -0.3 is 15.2 Å². The fraction of sp³-hybridized carbons (Fsp3) is 0.250. The smallest absolute Gasteiger partial charge is 0.351 e. The Labute approximate surface area is 122 Å². The second kappa shape index (κ2) is 6.26. The van der Waals surface area contributed by atoms with E-state index in [4.69, 9.17) is 4.74 Å². The van der Waals surface area contributed by atoms with Crippen molar-refractivity contribution < 1.29 is 19.4 Å². The standard InChI is InChI=1S/C16H17NO4/c1-3-21-16(20)14-10(2)17-13(15(18)19)9-12(14)11-7-5-4-6-8-11/h4-9,12,17H,3H2,1-2H3,(H,18,19)/t12-/m1/s1. The van der Waals surface area contributed by atoms with Crippen molar-refractivity contribution in [1.82, 2.24) is 5.32 Å². The number of rotatable bonds is 4. The van der Waals surface area contributed by atoms with Crippen molar-refractivity contribution in [3.05, 3.63) is 58.9 Å². The molecular formula is C16H17NO4. The Bertz CT molecular complexity index is 616. The van der Waals surface area contributed by atoms with Crippen LogP contribution in [0.2, 0.25) is 0 Å². The van der Waals surface area contributed by atoms with E-state index in [2.05, 4.69) is 5.32 Å². The monoisotopic (exact) mass is 287 g/mol. The summed E-state index contributed by atoms with van der Waals surface area (Å²) >= 11 is 0. The van der Waals surface area contributed by atoms with E-state index in [0.717, 1.165) is 5.56 Å². The number of benzene rings is 1. The molecular weight excluding hydrogens is 270 g/mol. The van der Waals surface area contributed by atoms with E-state index in [1.807, 2.05) is 30.3 Å². The number of ether oxygens (including phenoxy) is 1. The van der Waals surface area contributed by atoms with Gasteiger partial charge in [0.05, 0.1) is 12.2 Å². The van der Waals surface area contributed by atoms with Crippen LogP contribution in [0, 0.1) is 0 Å². The Hall–Kier alpha value is -2.56. The van der Waals surface area contributed by atoms with Gasteiger partial charge in [0.25, 0.3) is 0 Å². The maximum Gasteiger partial charge on any atom is 0.351 e. The van der Waals surface area contributed by atoms with Gasteiger partial charge in [0.1, 0.15) is 5.70 Å². The number of carbonyl (C=O) groups excluding carboxylic acids is 1. The Morgan fingerprint density at radius 2 is 1.95 bits per heavy atom. The summed E-state index contributed by atoms with van der Waals surface area (Å²) < 4.78 is 5.09. The molecule has 2 rings (SSSR count). The van der Waals surface area contributed by atoms with Crippen LogP contribution in [-0.4, -0.2) is 23.7 Å². The van der Waals surface area contributed by atoms with Crippen LogP contribution in [0.1, 0.15) is 25.3 Å². The molecule has 1 aliphatic rings. The topological polar surface area (TPSA) is 75.6 Å². The van der Waals surface area contributed by atoms with Gasteiger partial charge in [0.15, 0.2) is 0 Å². The number of carboxylic acids is 1. The van der Waals surface area contributed by atoms with Crippen LogP contribution in [0.15, 0.2) is 53.4 Å². The van der Waals surface area contributed by atoms with Gasteiger partial charge in [0.2, 0.25) is 0 Å². The number of hydrogen-bond donors (Lipinski definition) is 2. The fourth-order valence-electron chi connectivity index (χ4n) is 2.33. The van der Waals surface area contributed by atoms with Gasteiger partial charge in [-0.1, -0.05) is 30.3 Å². The van der Waals surface area contributed by atoms with Gasteiger partial charge >= 0.3 is 11.9 Å². The van der Waals surface area contributed by atoms with Crippen molar-refractivity contribution >= 4 is 11.9 Å². The maximum atomic E-state index is 12.2. The zero-order chi connectivity index (χ0) is 15.4. The van der Waals surface area contributed by atoms with E-state index in [-0.39, 0.29) is 12.3 Å². The van der Waals surface area contributed by atoms with Gasteiger partial charge in [-0.05, 0) is 25.5 Å². The molecule has 21 heavy (non-hydrogen) atoms. The minimum atomic E-state index is -1.06. The summed E-state index contributed by atoms with van der Waals surface area (Å²) in [6, 6.07) is 9.29. The van der Waals surface area contributed by atoms with Crippen molar-refractivity contribution in [1.29, 1.82) is 0 Å². The zero-order valence-corrected chi connectivity index (χ0v) is 11.9. The normalized spacial score (nSPS) is 17.8. The predicted molar refractivity (Wildman–Crippen MR) is 77.4 cm³/mol. The van der Waals surface area contributed by atoms with E-state index >= 15 is 0 Å². The van der Waals surface area contributed by atoms with Crippen LogP contribution in [0.25, 0.3) is 0 Å². The summed E-state index contributed by atoms with van der Waals surface area (Å²) in [5.41, 5.74) is 1.85. The second-order valence-corrected chi connectivity index (χ2v) is 4.66. The summed E-state index contributed by atoms with van der Waals surface area (Å²) in [4.78, 5) is 23.4. The lowest BCUT2D eigenvalue weighted by molar-refractivity contribution is -0.139. The lowest BCUT2D eigenvalue weighted by Crippen LogP contribution is -2.29. The van der Waals surface area contributed by atoms with Gasteiger partial charge in [-0.25, -0.2) is 9.59 Å². The molecule has 1 heterocycles. The average molecular weight is 287 g/mol. The number of allylic oxidation sites excluding steroid dienone is 2. The number of dihydropyridines is 1. The zero-order valence-electron chi connectivity index (χ0n) is 11.9. The third-order valence-electron chi connectivity index (χ3n) is 3.25. The molecule has 1 aromatic rings. The number of carboxylic acid groups (broad SMARTS) is 1. The summed E-state index contributed by atoms with van der Waals surface area (Å²) in [6.45, 7) is 3.69. The highest BCUT2D eigenvalue weighted by molar-refractivity contribution is 5.95. The summed E-state index contributed by atoms with van der Waals surface area (Å²) in [7, 11) is 0. The molecule has 2 N–H and O–H groups in total. The third kappa shape index (κ3) is 3.13. The van der Waals surface area contributed by atoms with Crippen LogP contribution in [-0.2, 0) is 14.3 Å². The largest absolute Gasteiger partial charge is 0.477 e. The van der Waals surface area contributed by atoms with Crippen molar-refractivity contribution in [3.63, 3.8) is 0 Å². The molecule has 1 atom stereocenters.